The first-order chi connectivity index (χ1) is 16.0. The summed E-state index contributed by atoms with van der Waals surface area (Å²) in [5.41, 5.74) is 3.98. The number of benzene rings is 3. The minimum absolute atomic E-state index is 0.0874. The van der Waals surface area contributed by atoms with Gasteiger partial charge < -0.3 is 14.8 Å². The second kappa shape index (κ2) is 8.63. The van der Waals surface area contributed by atoms with E-state index in [4.69, 9.17) is 14.5 Å². The van der Waals surface area contributed by atoms with Crippen LogP contribution in [-0.4, -0.2) is 28.0 Å². The molecule has 4 aromatic rings. The lowest BCUT2D eigenvalue weighted by atomic mass is 10.1. The number of anilines is 1. The van der Waals surface area contributed by atoms with E-state index in [2.05, 4.69) is 5.32 Å². The minimum Gasteiger partial charge on any atom is -0.454 e. The fraction of sp³-hybridized carbons (Fsp3) is 0.160. The molecule has 0 saturated carbocycles. The first-order valence-electron chi connectivity index (χ1n) is 10.4. The van der Waals surface area contributed by atoms with Gasteiger partial charge in [0.25, 0.3) is 5.56 Å². The maximum absolute atomic E-state index is 13.4. The highest BCUT2D eigenvalue weighted by Gasteiger charge is 2.17. The molecule has 7 nitrogen and oxygen atoms in total. The van der Waals surface area contributed by atoms with E-state index in [-0.39, 0.29) is 24.0 Å². The van der Waals surface area contributed by atoms with Crippen molar-refractivity contribution in [2.75, 3.05) is 17.9 Å². The fourth-order valence-corrected chi connectivity index (χ4v) is 4.42. The van der Waals surface area contributed by atoms with E-state index in [9.17, 15) is 9.59 Å². The Labute approximate surface area is 194 Å². The predicted octanol–water partition coefficient (Wildman–Crippen LogP) is 4.46. The molecule has 0 radical (unpaired) electrons. The van der Waals surface area contributed by atoms with Crippen LogP contribution >= 0.6 is 11.8 Å². The van der Waals surface area contributed by atoms with Gasteiger partial charge in [0, 0.05) is 11.8 Å². The number of nitrogens with zero attached hydrogens (tertiary/aromatic N) is 2. The maximum atomic E-state index is 13.4. The molecule has 8 heteroatoms. The van der Waals surface area contributed by atoms with Crippen LogP contribution in [0.25, 0.3) is 16.6 Å². The summed E-state index contributed by atoms with van der Waals surface area (Å²) in [4.78, 5) is 30.7. The van der Waals surface area contributed by atoms with Crippen LogP contribution in [0, 0.1) is 13.8 Å². The van der Waals surface area contributed by atoms with Crippen LogP contribution in [0.15, 0.2) is 70.6 Å². The van der Waals surface area contributed by atoms with E-state index in [1.165, 1.54) is 11.8 Å². The molecule has 0 atom stereocenters. The van der Waals surface area contributed by atoms with Gasteiger partial charge in [-0.05, 0) is 61.4 Å². The standard InChI is InChI=1S/C25H21N3O4S/c1-15-7-9-18(11-16(15)2)28-24(30)19-5-3-4-6-20(19)27-25(28)33-13-23(29)26-17-8-10-21-22(12-17)32-14-31-21/h3-12H,13-14H2,1-2H3,(H,26,29). The number of aryl methyl sites for hydroxylation is 2. The van der Waals surface area contributed by atoms with E-state index < -0.39 is 0 Å². The highest BCUT2D eigenvalue weighted by atomic mass is 32.2. The first kappa shape index (κ1) is 21.1. The van der Waals surface area contributed by atoms with E-state index in [1.54, 1.807) is 34.9 Å². The number of thioether (sulfide) groups is 1. The molecule has 1 amide bonds. The molecular formula is C25H21N3O4S. The number of hydrogen-bond donors (Lipinski definition) is 1. The maximum Gasteiger partial charge on any atom is 0.266 e. The summed E-state index contributed by atoms with van der Waals surface area (Å²) in [7, 11) is 0. The van der Waals surface area contributed by atoms with Gasteiger partial charge in [0.05, 0.1) is 22.3 Å². The molecule has 1 aliphatic heterocycles. The van der Waals surface area contributed by atoms with Crippen LogP contribution in [0.1, 0.15) is 11.1 Å². The molecule has 0 aliphatic carbocycles. The van der Waals surface area contributed by atoms with Crippen molar-refractivity contribution in [3.8, 4) is 17.2 Å². The molecule has 0 spiro atoms. The Hall–Kier alpha value is -3.78. The Morgan fingerprint density at radius 1 is 1.03 bits per heavy atom. The highest BCUT2D eigenvalue weighted by molar-refractivity contribution is 7.99. The number of para-hydroxylation sites is 1. The molecule has 1 N–H and O–H groups in total. The first-order valence-corrected chi connectivity index (χ1v) is 11.4. The molecule has 33 heavy (non-hydrogen) atoms. The molecule has 2 heterocycles. The van der Waals surface area contributed by atoms with Crippen LogP contribution in [0.3, 0.4) is 0 Å². The van der Waals surface area contributed by atoms with E-state index >= 15 is 0 Å². The van der Waals surface area contributed by atoms with Crippen molar-refractivity contribution in [3.63, 3.8) is 0 Å². The summed E-state index contributed by atoms with van der Waals surface area (Å²) in [6.07, 6.45) is 0. The van der Waals surface area contributed by atoms with Crippen molar-refractivity contribution >= 4 is 34.3 Å². The summed E-state index contributed by atoms with van der Waals surface area (Å²) < 4.78 is 12.2. The summed E-state index contributed by atoms with van der Waals surface area (Å²) >= 11 is 1.22. The average Bonchev–Trinajstić information content (AvgIpc) is 3.28. The largest absolute Gasteiger partial charge is 0.454 e. The zero-order valence-corrected chi connectivity index (χ0v) is 18.9. The normalized spacial score (nSPS) is 12.2. The van der Waals surface area contributed by atoms with Gasteiger partial charge in [0.2, 0.25) is 12.7 Å². The van der Waals surface area contributed by atoms with Crippen LogP contribution in [0.5, 0.6) is 11.5 Å². The van der Waals surface area contributed by atoms with Crippen LogP contribution < -0.4 is 20.3 Å². The predicted molar refractivity (Wildman–Crippen MR) is 129 cm³/mol. The number of carbonyl (C=O) groups excluding carboxylic acids is 1. The molecule has 0 unspecified atom stereocenters. The minimum atomic E-state index is -0.215. The van der Waals surface area contributed by atoms with Crippen LogP contribution in [0.2, 0.25) is 0 Å². The van der Waals surface area contributed by atoms with Gasteiger partial charge in [-0.2, -0.15) is 0 Å². The van der Waals surface area contributed by atoms with Crippen molar-refractivity contribution in [3.05, 3.63) is 82.1 Å². The summed E-state index contributed by atoms with van der Waals surface area (Å²) in [5.74, 6) is 1.12. The molecular weight excluding hydrogens is 438 g/mol. The van der Waals surface area contributed by atoms with Gasteiger partial charge in [0.1, 0.15) is 0 Å². The summed E-state index contributed by atoms with van der Waals surface area (Å²) in [6.45, 7) is 4.20. The van der Waals surface area contributed by atoms with Crippen molar-refractivity contribution in [1.29, 1.82) is 0 Å². The fourth-order valence-electron chi connectivity index (χ4n) is 3.60. The Balaban J connectivity index is 1.45. The molecule has 5 rings (SSSR count). The Kier molecular flexibility index (Phi) is 5.51. The molecule has 3 aromatic carbocycles. The summed E-state index contributed by atoms with van der Waals surface area (Å²) in [5, 5.41) is 3.85. The third-order valence-electron chi connectivity index (χ3n) is 5.48. The van der Waals surface area contributed by atoms with Gasteiger partial charge >= 0.3 is 0 Å². The van der Waals surface area contributed by atoms with Gasteiger partial charge in [-0.1, -0.05) is 30.0 Å². The van der Waals surface area contributed by atoms with Gasteiger partial charge in [-0.25, -0.2) is 4.98 Å². The third-order valence-corrected chi connectivity index (χ3v) is 6.42. The second-order valence-corrected chi connectivity index (χ2v) is 8.67. The second-order valence-electron chi connectivity index (χ2n) is 7.73. The smallest absolute Gasteiger partial charge is 0.266 e. The van der Waals surface area contributed by atoms with Crippen molar-refractivity contribution in [2.45, 2.75) is 19.0 Å². The van der Waals surface area contributed by atoms with Gasteiger partial charge in [-0.15, -0.1) is 0 Å². The number of ether oxygens (including phenoxy) is 2. The third kappa shape index (κ3) is 4.17. The van der Waals surface area contributed by atoms with Crippen molar-refractivity contribution in [1.82, 2.24) is 9.55 Å². The number of aromatic nitrogens is 2. The topological polar surface area (TPSA) is 82.5 Å². The number of amides is 1. The zero-order chi connectivity index (χ0) is 22.9. The number of fused-ring (bicyclic) bond motifs is 2. The highest BCUT2D eigenvalue weighted by Crippen LogP contribution is 2.34. The molecule has 1 aliphatic rings. The molecule has 0 saturated heterocycles. The lowest BCUT2D eigenvalue weighted by Gasteiger charge is -2.14. The monoisotopic (exact) mass is 459 g/mol. The Morgan fingerprint density at radius 2 is 1.85 bits per heavy atom. The molecule has 166 valence electrons. The quantitative estimate of drug-likeness (QED) is 0.350. The lowest BCUT2D eigenvalue weighted by Crippen LogP contribution is -2.23. The van der Waals surface area contributed by atoms with Gasteiger partial charge in [-0.3, -0.25) is 14.2 Å². The van der Waals surface area contributed by atoms with Gasteiger partial charge in [0.15, 0.2) is 16.7 Å². The number of nitrogens with one attached hydrogen (secondary N) is 1. The van der Waals surface area contributed by atoms with Crippen molar-refractivity contribution in [2.24, 2.45) is 0 Å². The Morgan fingerprint density at radius 3 is 2.70 bits per heavy atom. The number of rotatable bonds is 5. The SMILES string of the molecule is Cc1ccc(-n2c(SCC(=O)Nc3ccc4c(c3)OCO4)nc3ccccc3c2=O)cc1C. The number of carbonyl (C=O) groups is 1. The average molecular weight is 460 g/mol. The lowest BCUT2D eigenvalue weighted by molar-refractivity contribution is -0.113. The number of hydrogen-bond acceptors (Lipinski definition) is 6. The van der Waals surface area contributed by atoms with Crippen LogP contribution in [0.4, 0.5) is 5.69 Å². The van der Waals surface area contributed by atoms with Crippen LogP contribution in [-0.2, 0) is 4.79 Å². The van der Waals surface area contributed by atoms with E-state index in [0.717, 1.165) is 16.8 Å². The Bertz CT molecular complexity index is 1450. The zero-order valence-electron chi connectivity index (χ0n) is 18.1. The molecule has 0 bridgehead atoms. The summed E-state index contributed by atoms with van der Waals surface area (Å²) in [6, 6.07) is 18.3. The molecule has 0 fully saturated rings. The van der Waals surface area contributed by atoms with E-state index in [0.29, 0.717) is 33.2 Å². The molecule has 1 aromatic heterocycles. The van der Waals surface area contributed by atoms with E-state index in [1.807, 2.05) is 44.2 Å². The van der Waals surface area contributed by atoms with Crippen molar-refractivity contribution < 1.29 is 14.3 Å².